The van der Waals surface area contributed by atoms with Crippen LogP contribution in [-0.2, 0) is 14.8 Å². The summed E-state index contributed by atoms with van der Waals surface area (Å²) in [7, 11) is -3.40. The number of nitrogens with one attached hydrogen (secondary N) is 1. The SMILES string of the molecule is CS(=O)(=O)N(CCNC(=O)C1CCC1)c1ccc(Cl)cc1. The van der Waals surface area contributed by atoms with Gasteiger partial charge in [0.1, 0.15) is 0 Å². The highest BCUT2D eigenvalue weighted by Gasteiger charge is 2.25. The summed E-state index contributed by atoms with van der Waals surface area (Å²) in [5.74, 6) is 0.123. The van der Waals surface area contributed by atoms with Gasteiger partial charge in [-0.3, -0.25) is 9.10 Å². The molecule has 5 nitrogen and oxygen atoms in total. The molecule has 21 heavy (non-hydrogen) atoms. The Hall–Kier alpha value is -1.27. The summed E-state index contributed by atoms with van der Waals surface area (Å²) in [4.78, 5) is 11.7. The van der Waals surface area contributed by atoms with Crippen LogP contribution in [0.25, 0.3) is 0 Å². The van der Waals surface area contributed by atoms with E-state index in [1.54, 1.807) is 24.3 Å². The number of amides is 1. The van der Waals surface area contributed by atoms with Crippen molar-refractivity contribution in [2.24, 2.45) is 5.92 Å². The van der Waals surface area contributed by atoms with Crippen LogP contribution in [0.15, 0.2) is 24.3 Å². The van der Waals surface area contributed by atoms with E-state index in [1.165, 1.54) is 4.31 Å². The minimum Gasteiger partial charge on any atom is -0.354 e. The van der Waals surface area contributed by atoms with Crippen LogP contribution in [-0.4, -0.2) is 33.7 Å². The first kappa shape index (κ1) is 16.1. The van der Waals surface area contributed by atoms with Gasteiger partial charge >= 0.3 is 0 Å². The molecule has 0 aliphatic heterocycles. The summed E-state index contributed by atoms with van der Waals surface area (Å²) < 4.78 is 25.0. The summed E-state index contributed by atoms with van der Waals surface area (Å²) in [6, 6.07) is 6.58. The monoisotopic (exact) mass is 330 g/mol. The van der Waals surface area contributed by atoms with Crippen LogP contribution in [0.4, 0.5) is 5.69 Å². The van der Waals surface area contributed by atoms with E-state index >= 15 is 0 Å². The van der Waals surface area contributed by atoms with E-state index in [9.17, 15) is 13.2 Å². The molecule has 0 aromatic heterocycles. The molecule has 0 heterocycles. The predicted octanol–water partition coefficient (Wildman–Crippen LogP) is 2.02. The summed E-state index contributed by atoms with van der Waals surface area (Å²) >= 11 is 5.81. The molecular formula is C14H19ClN2O3S. The average Bonchev–Trinajstić information content (AvgIpc) is 2.32. The molecule has 1 aliphatic carbocycles. The maximum atomic E-state index is 11.9. The van der Waals surface area contributed by atoms with E-state index in [2.05, 4.69) is 5.32 Å². The zero-order chi connectivity index (χ0) is 15.5. The molecular weight excluding hydrogens is 312 g/mol. The molecule has 0 atom stereocenters. The number of carbonyl (C=O) groups is 1. The van der Waals surface area contributed by atoms with Crippen molar-refractivity contribution in [3.63, 3.8) is 0 Å². The highest BCUT2D eigenvalue weighted by Crippen LogP contribution is 2.26. The van der Waals surface area contributed by atoms with E-state index in [-0.39, 0.29) is 18.4 Å². The average molecular weight is 331 g/mol. The van der Waals surface area contributed by atoms with Gasteiger partial charge in [-0.15, -0.1) is 0 Å². The number of nitrogens with zero attached hydrogens (tertiary/aromatic N) is 1. The number of hydrogen-bond donors (Lipinski definition) is 1. The lowest BCUT2D eigenvalue weighted by Crippen LogP contribution is -2.41. The smallest absolute Gasteiger partial charge is 0.232 e. The lowest BCUT2D eigenvalue weighted by molar-refractivity contribution is -0.127. The van der Waals surface area contributed by atoms with Gasteiger partial charge < -0.3 is 5.32 Å². The summed E-state index contributed by atoms with van der Waals surface area (Å²) in [6.07, 6.45) is 4.10. The molecule has 0 unspecified atom stereocenters. The van der Waals surface area contributed by atoms with Gasteiger partial charge in [0.2, 0.25) is 15.9 Å². The minimum atomic E-state index is -3.40. The van der Waals surface area contributed by atoms with Crippen LogP contribution in [0.2, 0.25) is 5.02 Å². The zero-order valence-corrected chi connectivity index (χ0v) is 13.5. The van der Waals surface area contributed by atoms with Gasteiger partial charge in [0.05, 0.1) is 18.5 Å². The van der Waals surface area contributed by atoms with Gasteiger partial charge in [-0.25, -0.2) is 8.42 Å². The molecule has 0 saturated heterocycles. The van der Waals surface area contributed by atoms with Crippen LogP contribution in [0, 0.1) is 5.92 Å². The number of carbonyl (C=O) groups excluding carboxylic acids is 1. The lowest BCUT2D eigenvalue weighted by Gasteiger charge is -2.26. The Balaban J connectivity index is 1.97. The van der Waals surface area contributed by atoms with Gasteiger partial charge in [0.15, 0.2) is 0 Å². The number of sulfonamides is 1. The fourth-order valence-corrected chi connectivity index (χ4v) is 3.24. The van der Waals surface area contributed by atoms with Crippen molar-refractivity contribution >= 4 is 33.2 Å². The largest absolute Gasteiger partial charge is 0.354 e. The highest BCUT2D eigenvalue weighted by atomic mass is 35.5. The Morgan fingerprint density at radius 3 is 2.43 bits per heavy atom. The minimum absolute atomic E-state index is 0.0193. The molecule has 7 heteroatoms. The molecule has 1 N–H and O–H groups in total. The van der Waals surface area contributed by atoms with Crippen molar-refractivity contribution in [2.45, 2.75) is 19.3 Å². The molecule has 1 fully saturated rings. The highest BCUT2D eigenvalue weighted by molar-refractivity contribution is 7.92. The van der Waals surface area contributed by atoms with E-state index in [1.807, 2.05) is 0 Å². The van der Waals surface area contributed by atoms with Crippen molar-refractivity contribution in [1.29, 1.82) is 0 Å². The number of benzene rings is 1. The van der Waals surface area contributed by atoms with Gasteiger partial charge in [-0.05, 0) is 37.1 Å². The van der Waals surface area contributed by atoms with Crippen molar-refractivity contribution < 1.29 is 13.2 Å². The number of halogens is 1. The molecule has 1 saturated carbocycles. The third-order valence-electron chi connectivity index (χ3n) is 3.61. The predicted molar refractivity (Wildman–Crippen MR) is 84.0 cm³/mol. The van der Waals surface area contributed by atoms with Gasteiger partial charge in [-0.2, -0.15) is 0 Å². The fraction of sp³-hybridized carbons (Fsp3) is 0.500. The Morgan fingerprint density at radius 2 is 1.95 bits per heavy atom. The van der Waals surface area contributed by atoms with Crippen molar-refractivity contribution in [3.8, 4) is 0 Å². The van der Waals surface area contributed by atoms with Crippen LogP contribution >= 0.6 is 11.6 Å². The van der Waals surface area contributed by atoms with Crippen molar-refractivity contribution in [2.75, 3.05) is 23.7 Å². The van der Waals surface area contributed by atoms with E-state index in [0.29, 0.717) is 17.3 Å². The Bertz CT molecular complexity index is 597. The van der Waals surface area contributed by atoms with Crippen LogP contribution < -0.4 is 9.62 Å². The summed E-state index contributed by atoms with van der Waals surface area (Å²) in [5.41, 5.74) is 0.541. The molecule has 1 amide bonds. The number of hydrogen-bond acceptors (Lipinski definition) is 3. The van der Waals surface area contributed by atoms with Crippen LogP contribution in [0.5, 0.6) is 0 Å². The second kappa shape index (κ2) is 6.66. The third kappa shape index (κ3) is 4.35. The van der Waals surface area contributed by atoms with Crippen LogP contribution in [0.1, 0.15) is 19.3 Å². The van der Waals surface area contributed by atoms with E-state index in [0.717, 1.165) is 25.5 Å². The first-order valence-electron chi connectivity index (χ1n) is 6.89. The summed E-state index contributed by atoms with van der Waals surface area (Å²) in [6.45, 7) is 0.504. The van der Waals surface area contributed by atoms with Crippen LogP contribution in [0.3, 0.4) is 0 Å². The second-order valence-corrected chi connectivity index (χ2v) is 7.57. The number of rotatable bonds is 6. The Kier molecular flexibility index (Phi) is 5.11. The second-order valence-electron chi connectivity index (χ2n) is 5.23. The molecule has 1 aromatic rings. The van der Waals surface area contributed by atoms with Gasteiger partial charge in [0, 0.05) is 17.5 Å². The first-order valence-corrected chi connectivity index (χ1v) is 9.11. The molecule has 116 valence electrons. The van der Waals surface area contributed by atoms with E-state index < -0.39 is 10.0 Å². The maximum absolute atomic E-state index is 11.9. The zero-order valence-electron chi connectivity index (χ0n) is 11.9. The maximum Gasteiger partial charge on any atom is 0.232 e. The first-order chi connectivity index (χ1) is 9.88. The normalized spacial score (nSPS) is 15.3. The number of anilines is 1. The van der Waals surface area contributed by atoms with Gasteiger partial charge in [0.25, 0.3) is 0 Å². The molecule has 1 aliphatic rings. The molecule has 2 rings (SSSR count). The molecule has 0 radical (unpaired) electrons. The van der Waals surface area contributed by atoms with Gasteiger partial charge in [-0.1, -0.05) is 18.0 Å². The topological polar surface area (TPSA) is 66.5 Å². The molecule has 1 aromatic carbocycles. The Labute approximate surface area is 130 Å². The fourth-order valence-electron chi connectivity index (χ4n) is 2.19. The standard InChI is InChI=1S/C14H19ClN2O3S/c1-21(19,20)17(13-7-5-12(15)6-8-13)10-9-16-14(18)11-3-2-4-11/h5-8,11H,2-4,9-10H2,1H3,(H,16,18). The Morgan fingerprint density at radius 1 is 1.33 bits per heavy atom. The third-order valence-corrected chi connectivity index (χ3v) is 5.05. The lowest BCUT2D eigenvalue weighted by atomic mass is 9.85. The van der Waals surface area contributed by atoms with E-state index in [4.69, 9.17) is 11.6 Å². The molecule has 0 bridgehead atoms. The van der Waals surface area contributed by atoms with Crippen molar-refractivity contribution in [1.82, 2.24) is 5.32 Å². The summed E-state index contributed by atoms with van der Waals surface area (Å²) in [5, 5.41) is 3.34. The van der Waals surface area contributed by atoms with Crippen molar-refractivity contribution in [3.05, 3.63) is 29.3 Å². The molecule has 0 spiro atoms. The quantitative estimate of drug-likeness (QED) is 0.867.